The summed E-state index contributed by atoms with van der Waals surface area (Å²) in [5.74, 6) is 0.416. The highest BCUT2D eigenvalue weighted by atomic mass is 16.3. The first-order valence-electron chi connectivity index (χ1n) is 4.71. The van der Waals surface area contributed by atoms with Gasteiger partial charge in [-0.1, -0.05) is 0 Å². The highest BCUT2D eigenvalue weighted by Crippen LogP contribution is 2.28. The molecule has 78 valence electrons. The van der Waals surface area contributed by atoms with Crippen LogP contribution in [0.5, 0.6) is 0 Å². The van der Waals surface area contributed by atoms with E-state index in [1.807, 2.05) is 0 Å². The summed E-state index contributed by atoms with van der Waals surface area (Å²) in [6.45, 7) is 0. The first-order chi connectivity index (χ1) is 7.27. The van der Waals surface area contributed by atoms with Crippen molar-refractivity contribution in [3.8, 4) is 0 Å². The molecule has 4 heteroatoms. The van der Waals surface area contributed by atoms with Crippen molar-refractivity contribution in [1.82, 2.24) is 0 Å². The molecule has 4 nitrogen and oxygen atoms in total. The lowest BCUT2D eigenvalue weighted by molar-refractivity contribution is 0.112. The van der Waals surface area contributed by atoms with Crippen molar-refractivity contribution >= 4 is 11.9 Å². The molecule has 0 bridgehead atoms. The second-order valence-corrected chi connectivity index (χ2v) is 3.45. The summed E-state index contributed by atoms with van der Waals surface area (Å²) in [6, 6.07) is 0. The monoisotopic (exact) mass is 206 g/mol. The van der Waals surface area contributed by atoms with Crippen LogP contribution in [0.25, 0.3) is 5.57 Å². The summed E-state index contributed by atoms with van der Waals surface area (Å²) in [4.78, 5) is 22.2. The maximum atomic E-state index is 11.7. The van der Waals surface area contributed by atoms with Gasteiger partial charge in [0.05, 0.1) is 11.8 Å². The molecule has 0 unspecified atom stereocenters. The Bertz CT molecular complexity index is 482. The third-order valence-corrected chi connectivity index (χ3v) is 2.56. The maximum Gasteiger partial charge on any atom is 0.199 e. The predicted octanol–water partition coefficient (Wildman–Crippen LogP) is 1.69. The van der Waals surface area contributed by atoms with E-state index in [0.29, 0.717) is 36.0 Å². The standard InChI is InChI=1S/C11H10O4/c12-4-7-2-1-3-9-10(14)8(5-13)6-15-11(7)9/h4-6,12H,1-3H2. The quantitative estimate of drug-likeness (QED) is 0.560. The molecule has 1 aromatic rings. The zero-order valence-electron chi connectivity index (χ0n) is 8.03. The highest BCUT2D eigenvalue weighted by Gasteiger charge is 2.21. The smallest absolute Gasteiger partial charge is 0.199 e. The number of aliphatic hydroxyl groups excluding tert-OH is 1. The van der Waals surface area contributed by atoms with E-state index in [1.54, 1.807) is 0 Å². The first-order valence-corrected chi connectivity index (χ1v) is 4.71. The Hall–Kier alpha value is -1.84. The largest absolute Gasteiger partial charge is 0.515 e. The second-order valence-electron chi connectivity index (χ2n) is 3.45. The average Bonchev–Trinajstić information content (AvgIpc) is 2.29. The van der Waals surface area contributed by atoms with E-state index < -0.39 is 0 Å². The average molecular weight is 206 g/mol. The number of hydrogen-bond donors (Lipinski definition) is 1. The summed E-state index contributed by atoms with van der Waals surface area (Å²) >= 11 is 0. The van der Waals surface area contributed by atoms with Crippen molar-refractivity contribution in [2.24, 2.45) is 0 Å². The summed E-state index contributed by atoms with van der Waals surface area (Å²) < 4.78 is 5.20. The van der Waals surface area contributed by atoms with E-state index in [2.05, 4.69) is 0 Å². The van der Waals surface area contributed by atoms with Crippen LogP contribution in [0.4, 0.5) is 0 Å². The molecule has 0 spiro atoms. The van der Waals surface area contributed by atoms with Crippen LogP contribution in [0, 0.1) is 0 Å². The Balaban J connectivity index is 2.68. The molecule has 0 aromatic carbocycles. The van der Waals surface area contributed by atoms with Crippen molar-refractivity contribution in [3.63, 3.8) is 0 Å². The number of carbonyl (C=O) groups is 1. The van der Waals surface area contributed by atoms with Crippen LogP contribution < -0.4 is 5.43 Å². The summed E-state index contributed by atoms with van der Waals surface area (Å²) in [5.41, 5.74) is 0.857. The topological polar surface area (TPSA) is 67.5 Å². The number of hydrogen-bond acceptors (Lipinski definition) is 4. The van der Waals surface area contributed by atoms with Crippen molar-refractivity contribution in [1.29, 1.82) is 0 Å². The normalized spacial score (nSPS) is 17.5. The van der Waals surface area contributed by atoms with Gasteiger partial charge in [-0.2, -0.15) is 0 Å². The number of carbonyl (C=O) groups excluding carboxylic acids is 1. The minimum absolute atomic E-state index is 0.0351. The Kier molecular flexibility index (Phi) is 2.41. The third kappa shape index (κ3) is 1.48. The molecule has 1 aromatic heterocycles. The maximum absolute atomic E-state index is 11.7. The van der Waals surface area contributed by atoms with Crippen molar-refractivity contribution in [2.45, 2.75) is 19.3 Å². The van der Waals surface area contributed by atoms with Gasteiger partial charge in [0.2, 0.25) is 0 Å². The predicted molar refractivity (Wildman–Crippen MR) is 53.9 cm³/mol. The molecule has 0 saturated carbocycles. The number of allylic oxidation sites excluding steroid dienone is 1. The van der Waals surface area contributed by atoms with Gasteiger partial charge in [0.15, 0.2) is 11.7 Å². The highest BCUT2D eigenvalue weighted by molar-refractivity contribution is 5.75. The van der Waals surface area contributed by atoms with Gasteiger partial charge < -0.3 is 9.52 Å². The van der Waals surface area contributed by atoms with Gasteiger partial charge in [-0.05, 0) is 19.3 Å². The molecule has 15 heavy (non-hydrogen) atoms. The van der Waals surface area contributed by atoms with Crippen LogP contribution >= 0.6 is 0 Å². The van der Waals surface area contributed by atoms with Gasteiger partial charge in [-0.3, -0.25) is 9.59 Å². The molecule has 1 aliphatic carbocycles. The lowest BCUT2D eigenvalue weighted by Gasteiger charge is -2.15. The Morgan fingerprint density at radius 1 is 1.40 bits per heavy atom. The van der Waals surface area contributed by atoms with Gasteiger partial charge >= 0.3 is 0 Å². The van der Waals surface area contributed by atoms with Gasteiger partial charge in [0.25, 0.3) is 0 Å². The lowest BCUT2D eigenvalue weighted by atomic mass is 9.92. The lowest BCUT2D eigenvalue weighted by Crippen LogP contribution is -2.18. The fourth-order valence-electron chi connectivity index (χ4n) is 1.79. The van der Waals surface area contributed by atoms with Crippen LogP contribution in [0.15, 0.2) is 21.7 Å². The van der Waals surface area contributed by atoms with E-state index in [1.165, 1.54) is 0 Å². The zero-order valence-corrected chi connectivity index (χ0v) is 8.03. The summed E-state index contributed by atoms with van der Waals surface area (Å²) in [6.07, 6.45) is 4.66. The SMILES string of the molecule is O=Cc1coc2c(c1=O)CCCC2=CO. The molecule has 0 atom stereocenters. The first kappa shape index (κ1) is 9.71. The van der Waals surface area contributed by atoms with Gasteiger partial charge in [0.1, 0.15) is 12.0 Å². The summed E-state index contributed by atoms with van der Waals surface area (Å²) in [7, 11) is 0. The molecule has 0 aliphatic heterocycles. The van der Waals surface area contributed by atoms with Crippen LogP contribution in [0.2, 0.25) is 0 Å². The number of aliphatic hydroxyl groups is 1. The van der Waals surface area contributed by atoms with Gasteiger partial charge in [0, 0.05) is 11.1 Å². The van der Waals surface area contributed by atoms with E-state index >= 15 is 0 Å². The second kappa shape index (κ2) is 3.73. The number of fused-ring (bicyclic) bond motifs is 1. The van der Waals surface area contributed by atoms with E-state index in [0.717, 1.165) is 18.9 Å². The molecule has 0 amide bonds. The molecule has 1 heterocycles. The molecular formula is C11H10O4. The molecule has 1 aliphatic rings. The van der Waals surface area contributed by atoms with Crippen LogP contribution in [0.1, 0.15) is 34.5 Å². The Morgan fingerprint density at radius 2 is 2.20 bits per heavy atom. The van der Waals surface area contributed by atoms with Crippen molar-refractivity contribution in [3.05, 3.63) is 39.6 Å². The van der Waals surface area contributed by atoms with Crippen molar-refractivity contribution < 1.29 is 14.3 Å². The number of aldehydes is 1. The molecule has 2 rings (SSSR count). The van der Waals surface area contributed by atoms with Crippen LogP contribution in [-0.4, -0.2) is 11.4 Å². The molecule has 1 N–H and O–H groups in total. The Morgan fingerprint density at radius 3 is 2.87 bits per heavy atom. The minimum Gasteiger partial charge on any atom is -0.515 e. The number of rotatable bonds is 1. The van der Waals surface area contributed by atoms with Gasteiger partial charge in [-0.15, -0.1) is 0 Å². The summed E-state index contributed by atoms with van der Waals surface area (Å²) in [5, 5.41) is 8.96. The molecule has 0 radical (unpaired) electrons. The fraction of sp³-hybridized carbons (Fsp3) is 0.273. The van der Waals surface area contributed by atoms with Gasteiger partial charge in [-0.25, -0.2) is 0 Å². The van der Waals surface area contributed by atoms with E-state index in [9.17, 15) is 9.59 Å². The molecule has 0 saturated heterocycles. The zero-order chi connectivity index (χ0) is 10.8. The minimum atomic E-state index is -0.287. The Labute approximate surface area is 85.8 Å². The fourth-order valence-corrected chi connectivity index (χ4v) is 1.79. The van der Waals surface area contributed by atoms with E-state index in [4.69, 9.17) is 9.52 Å². The molecular weight excluding hydrogens is 196 g/mol. The third-order valence-electron chi connectivity index (χ3n) is 2.56. The van der Waals surface area contributed by atoms with Crippen LogP contribution in [0.3, 0.4) is 0 Å². The van der Waals surface area contributed by atoms with Crippen LogP contribution in [-0.2, 0) is 6.42 Å². The van der Waals surface area contributed by atoms with Crippen molar-refractivity contribution in [2.75, 3.05) is 0 Å². The molecule has 0 fully saturated rings. The van der Waals surface area contributed by atoms with E-state index in [-0.39, 0.29) is 11.0 Å².